The molecule has 24 heavy (non-hydrogen) atoms. The van der Waals surface area contributed by atoms with Crippen molar-refractivity contribution in [1.82, 2.24) is 0 Å². The molecule has 0 atom stereocenters. The molecule has 0 saturated heterocycles. The molecule has 0 radical (unpaired) electrons. The van der Waals surface area contributed by atoms with Crippen molar-refractivity contribution in [1.29, 1.82) is 0 Å². The molecule has 0 aliphatic carbocycles. The molecule has 8 heteroatoms. The molecule has 0 aliphatic heterocycles. The Hall–Kier alpha value is -0.510. The van der Waals surface area contributed by atoms with Crippen molar-refractivity contribution in [3.63, 3.8) is 0 Å². The van der Waals surface area contributed by atoms with Gasteiger partial charge in [-0.3, -0.25) is 4.79 Å². The molecule has 6 nitrogen and oxygen atoms in total. The van der Waals surface area contributed by atoms with Gasteiger partial charge in [-0.1, -0.05) is 0 Å². The summed E-state index contributed by atoms with van der Waals surface area (Å²) in [6.07, 6.45) is 1.42. The molecule has 0 aliphatic rings. The molecule has 0 bridgehead atoms. The number of benzene rings is 1. The number of aliphatic hydroxyl groups excluding tert-OH is 1. The summed E-state index contributed by atoms with van der Waals surface area (Å²) in [6.45, 7) is 3.51. The number of hydrogen-bond donors (Lipinski definition) is 1. The molecule has 0 saturated carbocycles. The second-order valence-corrected chi connectivity index (χ2v) is 6.40. The maximum Gasteiger partial charge on any atom is 0.150 e. The average molecular weight is 470 g/mol. The quantitative estimate of drug-likeness (QED) is 0.333. The van der Waals surface area contributed by atoms with Gasteiger partial charge in [0.25, 0.3) is 0 Å². The monoisotopic (exact) mass is 468 g/mol. The highest BCUT2D eigenvalue weighted by molar-refractivity contribution is 9.11. The fourth-order valence-electron chi connectivity index (χ4n) is 1.70. The van der Waals surface area contributed by atoms with E-state index in [0.29, 0.717) is 72.9 Å². The van der Waals surface area contributed by atoms with Crippen molar-refractivity contribution < 1.29 is 28.8 Å². The van der Waals surface area contributed by atoms with Gasteiger partial charge >= 0.3 is 0 Å². The molecule has 1 aromatic carbocycles. The molecule has 0 fully saturated rings. The van der Waals surface area contributed by atoms with Crippen molar-refractivity contribution in [2.75, 3.05) is 52.9 Å². The Balaban J connectivity index is 2.04. The maximum absolute atomic E-state index is 10.8. The molecule has 1 N–H and O–H groups in total. The summed E-state index contributed by atoms with van der Waals surface area (Å²) < 4.78 is 23.0. The summed E-state index contributed by atoms with van der Waals surface area (Å²) in [6, 6.07) is 3.40. The van der Waals surface area contributed by atoms with Crippen molar-refractivity contribution in [2.24, 2.45) is 0 Å². The van der Waals surface area contributed by atoms with Crippen LogP contribution in [-0.4, -0.2) is 64.2 Å². The average Bonchev–Trinajstić information content (AvgIpc) is 2.57. The first-order valence-corrected chi connectivity index (χ1v) is 9.18. The largest absolute Gasteiger partial charge is 0.489 e. The van der Waals surface area contributed by atoms with E-state index >= 15 is 0 Å². The third-order valence-corrected chi connectivity index (χ3v) is 4.00. The SMILES string of the molecule is O=Cc1cc(Br)c(OCCOCCOCCOCCCO)c(Br)c1. The maximum atomic E-state index is 10.8. The molecular formula is C16H22Br2O6. The number of aliphatic hydroxyl groups is 1. The van der Waals surface area contributed by atoms with Gasteiger partial charge in [0.15, 0.2) is 0 Å². The van der Waals surface area contributed by atoms with Gasteiger partial charge in [0.2, 0.25) is 0 Å². The van der Waals surface area contributed by atoms with Crippen LogP contribution in [0.5, 0.6) is 5.75 Å². The molecule has 1 rings (SSSR count). The van der Waals surface area contributed by atoms with E-state index in [4.69, 9.17) is 24.1 Å². The minimum absolute atomic E-state index is 0.144. The van der Waals surface area contributed by atoms with Gasteiger partial charge in [0.1, 0.15) is 18.6 Å². The number of carbonyl (C=O) groups excluding carboxylic acids is 1. The molecule has 0 aromatic heterocycles. The van der Waals surface area contributed by atoms with Crippen LogP contribution in [0.2, 0.25) is 0 Å². The van der Waals surface area contributed by atoms with Crippen LogP contribution < -0.4 is 4.74 Å². The Morgan fingerprint density at radius 1 is 0.875 bits per heavy atom. The summed E-state index contributed by atoms with van der Waals surface area (Å²) in [5.41, 5.74) is 0.565. The van der Waals surface area contributed by atoms with E-state index in [1.165, 1.54) is 0 Å². The van der Waals surface area contributed by atoms with E-state index < -0.39 is 0 Å². The Bertz CT molecular complexity index is 461. The summed E-state index contributed by atoms with van der Waals surface area (Å²) in [4.78, 5) is 10.8. The smallest absolute Gasteiger partial charge is 0.150 e. The van der Waals surface area contributed by atoms with E-state index in [2.05, 4.69) is 31.9 Å². The van der Waals surface area contributed by atoms with Gasteiger partial charge in [-0.05, 0) is 50.4 Å². The van der Waals surface area contributed by atoms with Gasteiger partial charge in [-0.25, -0.2) is 0 Å². The highest BCUT2D eigenvalue weighted by Crippen LogP contribution is 2.34. The summed E-state index contributed by atoms with van der Waals surface area (Å²) >= 11 is 6.74. The van der Waals surface area contributed by atoms with Gasteiger partial charge in [-0.15, -0.1) is 0 Å². The zero-order valence-corrected chi connectivity index (χ0v) is 16.5. The molecule has 1 aromatic rings. The third kappa shape index (κ3) is 9.10. The van der Waals surface area contributed by atoms with Crippen LogP contribution in [0.3, 0.4) is 0 Å². The van der Waals surface area contributed by atoms with Crippen LogP contribution in [-0.2, 0) is 14.2 Å². The molecule has 0 unspecified atom stereocenters. The van der Waals surface area contributed by atoms with Gasteiger partial charge < -0.3 is 24.1 Å². The first kappa shape index (κ1) is 21.5. The Morgan fingerprint density at radius 3 is 1.88 bits per heavy atom. The van der Waals surface area contributed by atoms with Crippen LogP contribution in [0.15, 0.2) is 21.1 Å². The lowest BCUT2D eigenvalue weighted by atomic mass is 10.2. The molecule has 0 amide bonds. The molecule has 0 heterocycles. The number of halogens is 2. The van der Waals surface area contributed by atoms with E-state index in [9.17, 15) is 4.79 Å². The fraction of sp³-hybridized carbons (Fsp3) is 0.562. The first-order chi connectivity index (χ1) is 11.7. The first-order valence-electron chi connectivity index (χ1n) is 7.60. The topological polar surface area (TPSA) is 74.2 Å². The van der Waals surface area contributed by atoms with Crippen LogP contribution in [0.4, 0.5) is 0 Å². The van der Waals surface area contributed by atoms with E-state index in [-0.39, 0.29) is 6.61 Å². The summed E-state index contributed by atoms with van der Waals surface area (Å²) in [7, 11) is 0. The zero-order chi connectivity index (χ0) is 17.6. The van der Waals surface area contributed by atoms with Gasteiger partial charge in [0.05, 0.1) is 42.0 Å². The highest BCUT2D eigenvalue weighted by atomic mass is 79.9. The van der Waals surface area contributed by atoms with E-state index in [1.54, 1.807) is 12.1 Å². The van der Waals surface area contributed by atoms with Crippen LogP contribution in [0.25, 0.3) is 0 Å². The predicted octanol–water partition coefficient (Wildman–Crippen LogP) is 2.84. The summed E-state index contributed by atoms with van der Waals surface area (Å²) in [5, 5.41) is 8.58. The lowest BCUT2D eigenvalue weighted by Gasteiger charge is -2.11. The van der Waals surface area contributed by atoms with Crippen molar-refractivity contribution >= 4 is 38.1 Å². The lowest BCUT2D eigenvalue weighted by Crippen LogP contribution is -2.13. The molecule has 136 valence electrons. The van der Waals surface area contributed by atoms with Crippen molar-refractivity contribution in [2.45, 2.75) is 6.42 Å². The van der Waals surface area contributed by atoms with E-state index in [1.807, 2.05) is 0 Å². The minimum Gasteiger partial charge on any atom is -0.489 e. The highest BCUT2D eigenvalue weighted by Gasteiger charge is 2.08. The Kier molecular flexibility index (Phi) is 12.3. The van der Waals surface area contributed by atoms with Gasteiger partial charge in [-0.2, -0.15) is 0 Å². The third-order valence-electron chi connectivity index (χ3n) is 2.82. The summed E-state index contributed by atoms with van der Waals surface area (Å²) in [5.74, 6) is 0.639. The Labute approximate surface area is 158 Å². The minimum atomic E-state index is 0.144. The fourth-order valence-corrected chi connectivity index (χ4v) is 3.15. The van der Waals surface area contributed by atoms with Crippen LogP contribution >= 0.6 is 31.9 Å². The number of aldehydes is 1. The second kappa shape index (κ2) is 13.7. The normalized spacial score (nSPS) is 10.8. The molecule has 0 spiro atoms. The van der Waals surface area contributed by atoms with Crippen molar-refractivity contribution in [3.8, 4) is 5.75 Å². The molecular weight excluding hydrogens is 448 g/mol. The van der Waals surface area contributed by atoms with Gasteiger partial charge in [0, 0.05) is 18.8 Å². The number of ether oxygens (including phenoxy) is 4. The zero-order valence-electron chi connectivity index (χ0n) is 13.3. The number of rotatable bonds is 14. The number of hydrogen-bond acceptors (Lipinski definition) is 6. The van der Waals surface area contributed by atoms with Crippen LogP contribution in [0, 0.1) is 0 Å². The predicted molar refractivity (Wildman–Crippen MR) is 96.9 cm³/mol. The number of carbonyl (C=O) groups is 1. The standard InChI is InChI=1S/C16H22Br2O6/c17-14-10-13(12-20)11-15(18)16(14)24-9-8-23-7-6-22-5-4-21-3-1-2-19/h10-12,19H,1-9H2. The second-order valence-electron chi connectivity index (χ2n) is 4.69. The lowest BCUT2D eigenvalue weighted by molar-refractivity contribution is 0.00745. The van der Waals surface area contributed by atoms with Crippen molar-refractivity contribution in [3.05, 3.63) is 26.6 Å². The van der Waals surface area contributed by atoms with Crippen LogP contribution in [0.1, 0.15) is 16.8 Å². The Morgan fingerprint density at radius 2 is 1.38 bits per heavy atom. The van der Waals surface area contributed by atoms with E-state index in [0.717, 1.165) is 6.29 Å².